The van der Waals surface area contributed by atoms with E-state index in [0.717, 1.165) is 77.5 Å². The summed E-state index contributed by atoms with van der Waals surface area (Å²) in [6.45, 7) is 0. The van der Waals surface area contributed by atoms with Crippen molar-refractivity contribution >= 4 is 55.5 Å². The lowest BCUT2D eigenvalue weighted by Crippen LogP contribution is -2.33. The number of para-hydroxylation sites is 1. The molecule has 208 valence electrons. The van der Waals surface area contributed by atoms with Gasteiger partial charge in [-0.1, -0.05) is 97.1 Å². The van der Waals surface area contributed by atoms with Crippen LogP contribution in [-0.2, 0) is 0 Å². The Morgan fingerprint density at radius 3 is 1.95 bits per heavy atom. The molecule has 0 saturated heterocycles. The summed E-state index contributed by atoms with van der Waals surface area (Å²) in [4.78, 5) is 9.99. The zero-order valence-corrected chi connectivity index (χ0v) is 23.6. The largest absolute Gasteiger partial charge is 0.456 e. The van der Waals surface area contributed by atoms with E-state index in [4.69, 9.17) is 18.8 Å². The van der Waals surface area contributed by atoms with Crippen LogP contribution in [-0.4, -0.2) is 11.7 Å². The van der Waals surface area contributed by atoms with Crippen molar-refractivity contribution in [3.05, 3.63) is 156 Å². The van der Waals surface area contributed by atoms with Crippen LogP contribution in [0.5, 0.6) is 0 Å². The van der Waals surface area contributed by atoms with Gasteiger partial charge in [0.15, 0.2) is 5.84 Å². The molecule has 1 unspecified atom stereocenters. The topological polar surface area (TPSA) is 63.0 Å². The van der Waals surface area contributed by atoms with E-state index in [2.05, 4.69) is 72.0 Å². The van der Waals surface area contributed by atoms with Gasteiger partial charge in [-0.2, -0.15) is 0 Å². The molecule has 44 heavy (non-hydrogen) atoms. The highest BCUT2D eigenvalue weighted by molar-refractivity contribution is 6.16. The van der Waals surface area contributed by atoms with Crippen LogP contribution in [0.3, 0.4) is 0 Å². The second-order valence-electron chi connectivity index (χ2n) is 11.0. The van der Waals surface area contributed by atoms with Gasteiger partial charge in [-0.05, 0) is 59.2 Å². The fourth-order valence-corrected chi connectivity index (χ4v) is 6.23. The van der Waals surface area contributed by atoms with E-state index in [1.165, 1.54) is 0 Å². The fraction of sp³-hybridized carbons (Fsp3) is 0.0256. The lowest BCUT2D eigenvalue weighted by Gasteiger charge is -2.23. The third kappa shape index (κ3) is 4.02. The molecular formula is C39H25N3O2. The van der Waals surface area contributed by atoms with E-state index >= 15 is 0 Å². The van der Waals surface area contributed by atoms with Crippen molar-refractivity contribution in [2.75, 3.05) is 0 Å². The van der Waals surface area contributed by atoms with E-state index in [0.29, 0.717) is 5.84 Å². The van der Waals surface area contributed by atoms with Gasteiger partial charge in [-0.25, -0.2) is 9.98 Å². The Labute approximate surface area is 252 Å². The molecule has 5 heteroatoms. The fourth-order valence-electron chi connectivity index (χ4n) is 6.23. The van der Waals surface area contributed by atoms with E-state index in [1.807, 2.05) is 72.8 Å². The maximum atomic E-state index is 6.31. The standard InChI is InChI=1S/C39H25N3O2/c1-3-10-24(11-4-1)37-40-38(25-12-5-2-6-13-25)42-39(41-37)27-19-21-34-31(23-27)30-22-26(18-20-33(30)43-34)28-15-9-17-35-36(28)29-14-7-8-16-32(29)44-35/h1-23,37H,(H,40,41,42). The smallest absolute Gasteiger partial charge is 0.159 e. The molecule has 2 aromatic heterocycles. The number of fused-ring (bicyclic) bond motifs is 6. The van der Waals surface area contributed by atoms with Crippen molar-refractivity contribution in [2.24, 2.45) is 9.98 Å². The summed E-state index contributed by atoms with van der Waals surface area (Å²) in [6.07, 6.45) is -0.257. The summed E-state index contributed by atoms with van der Waals surface area (Å²) in [5, 5.41) is 7.91. The highest BCUT2D eigenvalue weighted by Gasteiger charge is 2.22. The quantitative estimate of drug-likeness (QED) is 0.230. The van der Waals surface area contributed by atoms with Crippen molar-refractivity contribution in [1.29, 1.82) is 0 Å². The molecule has 0 radical (unpaired) electrons. The minimum absolute atomic E-state index is 0.257. The molecule has 5 nitrogen and oxygen atoms in total. The van der Waals surface area contributed by atoms with Gasteiger partial charge < -0.3 is 14.2 Å². The van der Waals surface area contributed by atoms with Crippen LogP contribution in [0, 0.1) is 0 Å². The highest BCUT2D eigenvalue weighted by atomic mass is 16.3. The van der Waals surface area contributed by atoms with Crippen LogP contribution in [0.4, 0.5) is 0 Å². The van der Waals surface area contributed by atoms with Gasteiger partial charge in [0.1, 0.15) is 34.3 Å². The van der Waals surface area contributed by atoms with E-state index < -0.39 is 0 Å². The molecule has 1 N–H and O–H groups in total. The Hall–Kier alpha value is -5.94. The minimum Gasteiger partial charge on any atom is -0.456 e. The molecule has 9 rings (SSSR count). The first-order valence-electron chi connectivity index (χ1n) is 14.7. The van der Waals surface area contributed by atoms with Gasteiger partial charge >= 0.3 is 0 Å². The van der Waals surface area contributed by atoms with Gasteiger partial charge in [-0.15, -0.1) is 0 Å². The molecule has 0 amide bonds. The first-order chi connectivity index (χ1) is 21.8. The molecule has 0 aliphatic carbocycles. The lowest BCUT2D eigenvalue weighted by molar-refractivity contribution is 0.668. The van der Waals surface area contributed by atoms with Gasteiger partial charge in [0, 0.05) is 32.7 Å². The van der Waals surface area contributed by atoms with E-state index in [-0.39, 0.29) is 6.17 Å². The number of hydrogen-bond donors (Lipinski definition) is 1. The molecule has 0 saturated carbocycles. The summed E-state index contributed by atoms with van der Waals surface area (Å²) >= 11 is 0. The second-order valence-corrected chi connectivity index (χ2v) is 11.0. The molecule has 3 heterocycles. The van der Waals surface area contributed by atoms with Crippen molar-refractivity contribution in [3.8, 4) is 11.1 Å². The van der Waals surface area contributed by atoms with Crippen molar-refractivity contribution in [3.63, 3.8) is 0 Å². The van der Waals surface area contributed by atoms with Crippen molar-refractivity contribution in [2.45, 2.75) is 6.17 Å². The molecule has 1 aliphatic rings. The van der Waals surface area contributed by atoms with Crippen LogP contribution in [0.15, 0.2) is 158 Å². The number of amidine groups is 2. The molecule has 6 aromatic carbocycles. The van der Waals surface area contributed by atoms with Crippen LogP contribution in [0.2, 0.25) is 0 Å². The molecule has 8 aromatic rings. The Bertz CT molecular complexity index is 2420. The summed E-state index contributed by atoms with van der Waals surface area (Å²) in [5.74, 6) is 1.47. The number of hydrogen-bond acceptors (Lipinski definition) is 5. The van der Waals surface area contributed by atoms with Crippen molar-refractivity contribution < 1.29 is 8.83 Å². The number of nitrogens with one attached hydrogen (secondary N) is 1. The Morgan fingerprint density at radius 1 is 0.500 bits per heavy atom. The van der Waals surface area contributed by atoms with Gasteiger partial charge in [0.2, 0.25) is 0 Å². The van der Waals surface area contributed by atoms with Crippen LogP contribution in [0.25, 0.3) is 55.0 Å². The number of furan rings is 2. The Kier molecular flexibility index (Phi) is 5.50. The molecule has 0 fully saturated rings. The zero-order chi connectivity index (χ0) is 29.0. The van der Waals surface area contributed by atoms with Crippen molar-refractivity contribution in [1.82, 2.24) is 5.32 Å². The summed E-state index contributed by atoms with van der Waals surface area (Å²) in [7, 11) is 0. The number of nitrogens with zero attached hydrogens (tertiary/aromatic N) is 2. The maximum absolute atomic E-state index is 6.31. The van der Waals surface area contributed by atoms with Gasteiger partial charge in [-0.3, -0.25) is 0 Å². The first-order valence-corrected chi connectivity index (χ1v) is 14.7. The predicted molar refractivity (Wildman–Crippen MR) is 178 cm³/mol. The SMILES string of the molecule is c1ccc(C2=NC(c3ccccc3)NC(c3ccc4oc5ccc(-c6cccc7oc8ccccc8c67)cc5c4c3)=N2)cc1. The van der Waals surface area contributed by atoms with Gasteiger partial charge in [0.25, 0.3) is 0 Å². The molecule has 0 spiro atoms. The summed E-state index contributed by atoms with van der Waals surface area (Å²) < 4.78 is 12.5. The third-order valence-electron chi connectivity index (χ3n) is 8.35. The zero-order valence-electron chi connectivity index (χ0n) is 23.6. The van der Waals surface area contributed by atoms with E-state index in [1.54, 1.807) is 0 Å². The second kappa shape index (κ2) is 9.82. The number of benzene rings is 6. The van der Waals surface area contributed by atoms with Crippen LogP contribution in [0.1, 0.15) is 22.9 Å². The number of aliphatic imine (C=N–C) groups is 2. The Morgan fingerprint density at radius 2 is 1.14 bits per heavy atom. The Balaban J connectivity index is 1.18. The molecule has 0 bridgehead atoms. The lowest BCUT2D eigenvalue weighted by atomic mass is 9.97. The molecular weight excluding hydrogens is 542 g/mol. The monoisotopic (exact) mass is 567 g/mol. The van der Waals surface area contributed by atoms with Crippen LogP contribution >= 0.6 is 0 Å². The van der Waals surface area contributed by atoms with Gasteiger partial charge in [0.05, 0.1) is 0 Å². The first kappa shape index (κ1) is 24.6. The van der Waals surface area contributed by atoms with E-state index in [9.17, 15) is 0 Å². The number of rotatable bonds is 4. The molecule has 1 aliphatic heterocycles. The highest BCUT2D eigenvalue weighted by Crippen LogP contribution is 2.39. The predicted octanol–water partition coefficient (Wildman–Crippen LogP) is 9.65. The third-order valence-corrected chi connectivity index (χ3v) is 8.35. The normalized spacial score (nSPS) is 15.0. The average Bonchev–Trinajstić information content (AvgIpc) is 3.66. The minimum atomic E-state index is -0.257. The summed E-state index contributed by atoms with van der Waals surface area (Å²) in [5.41, 5.74) is 8.72. The maximum Gasteiger partial charge on any atom is 0.159 e. The molecule has 1 atom stereocenters. The average molecular weight is 568 g/mol. The summed E-state index contributed by atoms with van der Waals surface area (Å²) in [6, 6.07) is 47.5. The van der Waals surface area contributed by atoms with Crippen LogP contribution < -0.4 is 5.32 Å².